The van der Waals surface area contributed by atoms with E-state index in [2.05, 4.69) is 15.3 Å². The van der Waals surface area contributed by atoms with Gasteiger partial charge in [0, 0.05) is 17.6 Å². The smallest absolute Gasteiger partial charge is 0.253 e. The molecule has 7 heteroatoms. The lowest BCUT2D eigenvalue weighted by atomic mass is 9.77. The minimum Gasteiger partial charge on any atom is -0.480 e. The maximum absolute atomic E-state index is 12.6. The number of nitrogens with zero attached hydrogens (tertiary/aromatic N) is 2. The van der Waals surface area contributed by atoms with Crippen molar-refractivity contribution in [1.82, 2.24) is 15.3 Å². The number of pyridine rings is 2. The van der Waals surface area contributed by atoms with Gasteiger partial charge >= 0.3 is 0 Å². The highest BCUT2D eigenvalue weighted by atomic mass is 35.5. The number of carbonyl (C=O) groups is 1. The molecule has 3 rings (SSSR count). The van der Waals surface area contributed by atoms with Crippen molar-refractivity contribution in [3.63, 3.8) is 0 Å². The number of hydrogen-bond donors (Lipinski definition) is 2. The number of hydrogen-bond acceptors (Lipinski definition) is 5. The highest BCUT2D eigenvalue weighted by Crippen LogP contribution is 2.32. The third kappa shape index (κ3) is 4.07. The molecule has 2 aromatic heterocycles. The Hall–Kier alpha value is -1.92. The van der Waals surface area contributed by atoms with E-state index in [-0.39, 0.29) is 17.9 Å². The Morgan fingerprint density at radius 1 is 1.31 bits per heavy atom. The molecule has 0 radical (unpaired) electrons. The van der Waals surface area contributed by atoms with E-state index >= 15 is 0 Å². The minimum absolute atomic E-state index is 0.120. The molecule has 1 aliphatic rings. The summed E-state index contributed by atoms with van der Waals surface area (Å²) in [5, 5.41) is 14.3. The van der Waals surface area contributed by atoms with E-state index in [1.165, 1.54) is 13.3 Å². The molecule has 6 nitrogen and oxygen atoms in total. The first kappa shape index (κ1) is 18.9. The van der Waals surface area contributed by atoms with Gasteiger partial charge in [0.25, 0.3) is 5.91 Å². The highest BCUT2D eigenvalue weighted by Gasteiger charge is 2.31. The molecule has 0 aliphatic heterocycles. The number of halogens is 1. The van der Waals surface area contributed by atoms with Gasteiger partial charge in [0.15, 0.2) is 5.65 Å². The fourth-order valence-electron chi connectivity index (χ4n) is 3.50. The van der Waals surface area contributed by atoms with Gasteiger partial charge in [-0.1, -0.05) is 11.6 Å². The quantitative estimate of drug-likeness (QED) is 0.853. The maximum Gasteiger partial charge on any atom is 0.253 e. The molecule has 1 aliphatic carbocycles. The van der Waals surface area contributed by atoms with Crippen molar-refractivity contribution in [1.29, 1.82) is 0 Å². The Labute approximate surface area is 157 Å². The first-order valence-electron chi connectivity index (χ1n) is 8.81. The number of methoxy groups -OCH3 is 1. The monoisotopic (exact) mass is 377 g/mol. The second-order valence-electron chi connectivity index (χ2n) is 7.43. The van der Waals surface area contributed by atoms with Crippen LogP contribution in [0.1, 0.15) is 49.9 Å². The van der Waals surface area contributed by atoms with Crippen molar-refractivity contribution in [3.05, 3.63) is 28.9 Å². The third-order valence-electron chi connectivity index (χ3n) is 5.11. The van der Waals surface area contributed by atoms with Gasteiger partial charge < -0.3 is 15.2 Å². The maximum atomic E-state index is 12.6. The van der Waals surface area contributed by atoms with Crippen molar-refractivity contribution in [3.8, 4) is 5.88 Å². The van der Waals surface area contributed by atoms with Crippen LogP contribution in [0, 0.1) is 5.92 Å². The third-order valence-corrected chi connectivity index (χ3v) is 5.38. The van der Waals surface area contributed by atoms with Gasteiger partial charge in [-0.05, 0) is 57.6 Å². The van der Waals surface area contributed by atoms with Crippen LogP contribution in [0.4, 0.5) is 0 Å². The summed E-state index contributed by atoms with van der Waals surface area (Å²) in [4.78, 5) is 21.0. The molecule has 0 saturated heterocycles. The SMILES string of the molecule is COc1nc2ncc(C(=O)N[C@H]3CC[C@H](C(C)(C)O)CC3)cc2cc1Cl. The fraction of sp³-hybridized carbons (Fsp3) is 0.526. The largest absolute Gasteiger partial charge is 0.480 e. The summed E-state index contributed by atoms with van der Waals surface area (Å²) < 4.78 is 5.08. The zero-order valence-electron chi connectivity index (χ0n) is 15.3. The predicted molar refractivity (Wildman–Crippen MR) is 101 cm³/mol. The lowest BCUT2D eigenvalue weighted by Gasteiger charge is -2.36. The van der Waals surface area contributed by atoms with Crippen LogP contribution < -0.4 is 10.1 Å². The Bertz CT molecular complexity index is 812. The van der Waals surface area contributed by atoms with Gasteiger partial charge in [-0.3, -0.25) is 4.79 Å². The van der Waals surface area contributed by atoms with Crippen molar-refractivity contribution in [2.75, 3.05) is 7.11 Å². The number of amides is 1. The summed E-state index contributed by atoms with van der Waals surface area (Å²) in [5.74, 6) is 0.437. The van der Waals surface area contributed by atoms with Gasteiger partial charge in [-0.25, -0.2) is 4.98 Å². The van der Waals surface area contributed by atoms with Crippen molar-refractivity contribution >= 4 is 28.5 Å². The lowest BCUT2D eigenvalue weighted by molar-refractivity contribution is -0.00257. The van der Waals surface area contributed by atoms with E-state index in [4.69, 9.17) is 16.3 Å². The zero-order chi connectivity index (χ0) is 18.9. The van der Waals surface area contributed by atoms with Crippen LogP contribution in [0.3, 0.4) is 0 Å². The number of aromatic nitrogens is 2. The molecule has 26 heavy (non-hydrogen) atoms. The van der Waals surface area contributed by atoms with Crippen LogP contribution in [0.25, 0.3) is 11.0 Å². The van der Waals surface area contributed by atoms with Gasteiger partial charge in [0.05, 0.1) is 18.3 Å². The molecule has 1 amide bonds. The average molecular weight is 378 g/mol. The summed E-state index contributed by atoms with van der Waals surface area (Å²) in [6.45, 7) is 3.71. The topological polar surface area (TPSA) is 84.3 Å². The second-order valence-corrected chi connectivity index (χ2v) is 7.83. The number of ether oxygens (including phenoxy) is 1. The highest BCUT2D eigenvalue weighted by molar-refractivity contribution is 6.32. The van der Waals surface area contributed by atoms with Crippen molar-refractivity contribution in [2.45, 2.75) is 51.2 Å². The van der Waals surface area contributed by atoms with E-state index in [1.54, 1.807) is 12.1 Å². The van der Waals surface area contributed by atoms with Gasteiger partial charge in [0.1, 0.15) is 5.02 Å². The normalized spacial score (nSPS) is 20.8. The summed E-state index contributed by atoms with van der Waals surface area (Å²) in [5.41, 5.74) is 0.295. The van der Waals surface area contributed by atoms with Crippen LogP contribution in [0.2, 0.25) is 5.02 Å². The van der Waals surface area contributed by atoms with Gasteiger partial charge in [0.2, 0.25) is 5.88 Å². The number of nitrogens with one attached hydrogen (secondary N) is 1. The Morgan fingerprint density at radius 3 is 2.62 bits per heavy atom. The van der Waals surface area contributed by atoms with E-state index in [0.29, 0.717) is 27.5 Å². The van der Waals surface area contributed by atoms with Crippen LogP contribution >= 0.6 is 11.6 Å². The molecule has 1 fully saturated rings. The second kappa shape index (κ2) is 7.37. The lowest BCUT2D eigenvalue weighted by Crippen LogP contribution is -2.41. The Morgan fingerprint density at radius 2 is 2.00 bits per heavy atom. The molecular formula is C19H24ClN3O3. The van der Waals surface area contributed by atoms with Gasteiger partial charge in [-0.2, -0.15) is 4.98 Å². The fourth-order valence-corrected chi connectivity index (χ4v) is 3.74. The number of fused-ring (bicyclic) bond motifs is 1. The Balaban J connectivity index is 1.69. The molecule has 2 N–H and O–H groups in total. The van der Waals surface area contributed by atoms with Crippen LogP contribution in [-0.2, 0) is 0 Å². The van der Waals surface area contributed by atoms with Gasteiger partial charge in [-0.15, -0.1) is 0 Å². The molecule has 0 unspecified atom stereocenters. The Kier molecular flexibility index (Phi) is 5.34. The standard InChI is InChI=1S/C19H24ClN3O3/c1-19(2,25)13-4-6-14(7-5-13)22-17(24)12-8-11-9-15(20)18(26-3)23-16(11)21-10-12/h8-10,13-14,25H,4-7H2,1-3H3,(H,22,24)/t13-,14-. The molecule has 0 aromatic carbocycles. The minimum atomic E-state index is -0.662. The molecule has 2 aromatic rings. The number of carbonyl (C=O) groups excluding carboxylic acids is 1. The van der Waals surface area contributed by atoms with Crippen molar-refractivity contribution < 1.29 is 14.6 Å². The van der Waals surface area contributed by atoms with Crippen LogP contribution in [-0.4, -0.2) is 39.7 Å². The predicted octanol–water partition coefficient (Wildman–Crippen LogP) is 3.35. The summed E-state index contributed by atoms with van der Waals surface area (Å²) in [7, 11) is 1.49. The molecule has 0 spiro atoms. The number of aliphatic hydroxyl groups is 1. The molecule has 1 saturated carbocycles. The molecule has 0 bridgehead atoms. The summed E-state index contributed by atoms with van der Waals surface area (Å²) in [6.07, 6.45) is 5.06. The molecular weight excluding hydrogens is 354 g/mol. The van der Waals surface area contributed by atoms with E-state index < -0.39 is 5.60 Å². The summed E-state index contributed by atoms with van der Waals surface area (Å²) >= 11 is 6.11. The van der Waals surface area contributed by atoms with Crippen LogP contribution in [0.5, 0.6) is 5.88 Å². The first-order valence-corrected chi connectivity index (χ1v) is 9.19. The van der Waals surface area contributed by atoms with Crippen LogP contribution in [0.15, 0.2) is 18.3 Å². The average Bonchev–Trinajstić information content (AvgIpc) is 2.60. The van der Waals surface area contributed by atoms with Crippen molar-refractivity contribution in [2.24, 2.45) is 5.92 Å². The summed E-state index contributed by atoms with van der Waals surface area (Å²) in [6, 6.07) is 3.55. The zero-order valence-corrected chi connectivity index (χ0v) is 16.0. The van der Waals surface area contributed by atoms with E-state index in [1.807, 2.05) is 13.8 Å². The molecule has 140 valence electrons. The number of rotatable bonds is 4. The molecule has 0 atom stereocenters. The van der Waals surface area contributed by atoms with E-state index in [9.17, 15) is 9.90 Å². The molecule has 2 heterocycles. The first-order chi connectivity index (χ1) is 12.3. The van der Waals surface area contributed by atoms with E-state index in [0.717, 1.165) is 25.7 Å².